The van der Waals surface area contributed by atoms with Gasteiger partial charge in [-0.25, -0.2) is 12.8 Å². The molecule has 4 rings (SSSR count). The van der Waals surface area contributed by atoms with Gasteiger partial charge in [0.1, 0.15) is 23.9 Å². The van der Waals surface area contributed by atoms with Crippen molar-refractivity contribution in [1.82, 2.24) is 0 Å². The van der Waals surface area contributed by atoms with Crippen LogP contribution in [0.5, 0.6) is 11.5 Å². The number of allylic oxidation sites excluding steroid dienone is 1. The van der Waals surface area contributed by atoms with Crippen molar-refractivity contribution in [3.8, 4) is 11.5 Å². The highest BCUT2D eigenvalue weighted by molar-refractivity contribution is 7.92. The molecule has 3 aromatic carbocycles. The number of sulfonamides is 1. The number of hydrogen-bond donors (Lipinski definition) is 1. The third-order valence-corrected chi connectivity index (χ3v) is 5.76. The summed E-state index contributed by atoms with van der Waals surface area (Å²) in [6, 6.07) is 17.4. The third kappa shape index (κ3) is 4.41. The van der Waals surface area contributed by atoms with Gasteiger partial charge >= 0.3 is 0 Å². The van der Waals surface area contributed by atoms with E-state index in [1.165, 1.54) is 12.1 Å². The highest BCUT2D eigenvalue weighted by atomic mass is 32.2. The molecule has 1 N–H and O–H groups in total. The number of methoxy groups -OCH3 is 1. The standard InChI is InChI=1S/C24H22FNO4S/c1-15(16-5-4-6-19(11-16)26-31(3,27)28)24-21-10-8-20(29-2)12-17(21)14-30-23-13-18(25)7-9-22(23)24/h4-13,26H,14H2,1-3H3. The second-order valence-corrected chi connectivity index (χ2v) is 9.16. The number of anilines is 1. The summed E-state index contributed by atoms with van der Waals surface area (Å²) >= 11 is 0. The fourth-order valence-corrected chi connectivity index (χ4v) is 4.32. The van der Waals surface area contributed by atoms with Crippen LogP contribution in [0.25, 0.3) is 11.1 Å². The quantitative estimate of drug-likeness (QED) is 0.616. The van der Waals surface area contributed by atoms with E-state index in [-0.39, 0.29) is 12.4 Å². The number of fused-ring (bicyclic) bond motifs is 2. The minimum Gasteiger partial charge on any atom is -0.497 e. The Kier molecular flexibility index (Phi) is 5.45. The van der Waals surface area contributed by atoms with Crippen LogP contribution < -0.4 is 14.2 Å². The maximum atomic E-state index is 14.0. The Morgan fingerprint density at radius 1 is 1.06 bits per heavy atom. The molecule has 0 saturated carbocycles. The molecule has 0 atom stereocenters. The SMILES string of the molecule is COc1ccc2c(c1)COc1cc(F)ccc1C2=C(C)c1cccc(NS(C)(=O)=O)c1. The van der Waals surface area contributed by atoms with Crippen molar-refractivity contribution < 1.29 is 22.3 Å². The van der Waals surface area contributed by atoms with E-state index >= 15 is 0 Å². The number of nitrogens with one attached hydrogen (secondary N) is 1. The van der Waals surface area contributed by atoms with Crippen molar-refractivity contribution in [1.29, 1.82) is 0 Å². The van der Waals surface area contributed by atoms with Crippen LogP contribution in [0.2, 0.25) is 0 Å². The van der Waals surface area contributed by atoms with Crippen LogP contribution in [0, 0.1) is 5.82 Å². The highest BCUT2D eigenvalue weighted by Crippen LogP contribution is 2.42. The Bertz CT molecular complexity index is 1300. The van der Waals surface area contributed by atoms with Crippen molar-refractivity contribution in [2.24, 2.45) is 0 Å². The minimum absolute atomic E-state index is 0.273. The monoisotopic (exact) mass is 439 g/mol. The summed E-state index contributed by atoms with van der Waals surface area (Å²) in [6.45, 7) is 2.23. The number of halogens is 1. The molecule has 0 unspecified atom stereocenters. The first-order valence-corrected chi connectivity index (χ1v) is 11.5. The Morgan fingerprint density at radius 3 is 2.58 bits per heavy atom. The van der Waals surface area contributed by atoms with Crippen LogP contribution in [0.1, 0.15) is 29.2 Å². The molecule has 7 heteroatoms. The zero-order valence-electron chi connectivity index (χ0n) is 17.4. The molecule has 0 aliphatic carbocycles. The maximum absolute atomic E-state index is 14.0. The smallest absolute Gasteiger partial charge is 0.229 e. The van der Waals surface area contributed by atoms with E-state index in [4.69, 9.17) is 9.47 Å². The van der Waals surface area contributed by atoms with E-state index in [9.17, 15) is 12.8 Å². The van der Waals surface area contributed by atoms with E-state index in [0.717, 1.165) is 39.7 Å². The fourth-order valence-electron chi connectivity index (χ4n) is 3.76. The number of ether oxygens (including phenoxy) is 2. The fraction of sp³-hybridized carbons (Fsp3) is 0.167. The first kappa shape index (κ1) is 20.9. The van der Waals surface area contributed by atoms with Gasteiger partial charge in [0.25, 0.3) is 0 Å². The van der Waals surface area contributed by atoms with Crippen LogP contribution in [0.4, 0.5) is 10.1 Å². The Morgan fingerprint density at radius 2 is 1.84 bits per heavy atom. The lowest BCUT2D eigenvalue weighted by atomic mass is 9.88. The Hall–Kier alpha value is -3.32. The van der Waals surface area contributed by atoms with Crippen molar-refractivity contribution in [2.45, 2.75) is 13.5 Å². The molecule has 3 aromatic rings. The number of rotatable bonds is 4. The zero-order valence-corrected chi connectivity index (χ0v) is 18.2. The van der Waals surface area contributed by atoms with Crippen LogP contribution >= 0.6 is 0 Å². The van der Waals surface area contributed by atoms with Gasteiger partial charge in [0.2, 0.25) is 10.0 Å². The van der Waals surface area contributed by atoms with Crippen molar-refractivity contribution in [3.05, 3.63) is 88.7 Å². The molecule has 0 fully saturated rings. The van der Waals surface area contributed by atoms with Gasteiger partial charge in [0.05, 0.1) is 13.4 Å². The van der Waals surface area contributed by atoms with Crippen LogP contribution in [-0.4, -0.2) is 21.8 Å². The second-order valence-electron chi connectivity index (χ2n) is 7.41. The molecule has 5 nitrogen and oxygen atoms in total. The van der Waals surface area contributed by atoms with Crippen molar-refractivity contribution >= 4 is 26.9 Å². The summed E-state index contributed by atoms with van der Waals surface area (Å²) in [6.07, 6.45) is 1.11. The largest absolute Gasteiger partial charge is 0.497 e. The zero-order chi connectivity index (χ0) is 22.2. The molecule has 0 spiro atoms. The topological polar surface area (TPSA) is 64.6 Å². The Labute approximate surface area is 181 Å². The summed E-state index contributed by atoms with van der Waals surface area (Å²) in [5, 5.41) is 0. The first-order valence-electron chi connectivity index (χ1n) is 9.64. The maximum Gasteiger partial charge on any atom is 0.229 e. The normalized spacial score (nSPS) is 14.6. The molecule has 0 aromatic heterocycles. The Balaban J connectivity index is 1.96. The van der Waals surface area contributed by atoms with Gasteiger partial charge in [-0.2, -0.15) is 0 Å². The molecule has 0 bridgehead atoms. The van der Waals surface area contributed by atoms with Gasteiger partial charge in [-0.05, 0) is 65.6 Å². The molecular formula is C24H22FNO4S. The second kappa shape index (κ2) is 8.07. The minimum atomic E-state index is -3.40. The van der Waals surface area contributed by atoms with Gasteiger partial charge in [-0.15, -0.1) is 0 Å². The first-order chi connectivity index (χ1) is 14.7. The van der Waals surface area contributed by atoms with Gasteiger partial charge in [-0.1, -0.05) is 18.2 Å². The van der Waals surface area contributed by atoms with Crippen LogP contribution in [-0.2, 0) is 16.6 Å². The van der Waals surface area contributed by atoms with Crippen molar-refractivity contribution in [3.63, 3.8) is 0 Å². The lowest BCUT2D eigenvalue weighted by Crippen LogP contribution is -2.09. The van der Waals surface area contributed by atoms with Gasteiger partial charge < -0.3 is 9.47 Å². The third-order valence-electron chi connectivity index (χ3n) is 5.15. The van der Waals surface area contributed by atoms with E-state index in [1.807, 2.05) is 31.2 Å². The highest BCUT2D eigenvalue weighted by Gasteiger charge is 2.23. The number of hydrogen-bond acceptors (Lipinski definition) is 4. The molecule has 0 radical (unpaired) electrons. The summed E-state index contributed by atoms with van der Waals surface area (Å²) in [5.41, 5.74) is 5.73. The van der Waals surface area contributed by atoms with Crippen molar-refractivity contribution in [2.75, 3.05) is 18.1 Å². The molecule has 1 aliphatic rings. The lowest BCUT2D eigenvalue weighted by molar-refractivity contribution is 0.304. The van der Waals surface area contributed by atoms with E-state index in [0.29, 0.717) is 17.2 Å². The molecule has 0 amide bonds. The van der Waals surface area contributed by atoms with Gasteiger partial charge in [0.15, 0.2) is 0 Å². The van der Waals surface area contributed by atoms with E-state index in [2.05, 4.69) is 4.72 Å². The van der Waals surface area contributed by atoms with Crippen LogP contribution in [0.3, 0.4) is 0 Å². The van der Waals surface area contributed by atoms with Gasteiger partial charge in [-0.3, -0.25) is 4.72 Å². The predicted octanol–water partition coefficient (Wildman–Crippen LogP) is 5.08. The lowest BCUT2D eigenvalue weighted by Gasteiger charge is -2.16. The summed E-state index contributed by atoms with van der Waals surface area (Å²) in [7, 11) is -1.80. The molecule has 160 valence electrons. The van der Waals surface area contributed by atoms with Crippen LogP contribution in [0.15, 0.2) is 60.7 Å². The summed E-state index contributed by atoms with van der Waals surface area (Å²) in [4.78, 5) is 0. The predicted molar refractivity (Wildman–Crippen MR) is 120 cm³/mol. The molecule has 0 saturated heterocycles. The van der Waals surface area contributed by atoms with E-state index < -0.39 is 10.0 Å². The summed E-state index contributed by atoms with van der Waals surface area (Å²) in [5.74, 6) is 0.782. The number of benzene rings is 3. The average Bonchev–Trinajstić information content (AvgIpc) is 2.88. The van der Waals surface area contributed by atoms with Gasteiger partial charge in [0, 0.05) is 22.9 Å². The molecular weight excluding hydrogens is 417 g/mol. The van der Waals surface area contributed by atoms with E-state index in [1.54, 1.807) is 31.4 Å². The molecule has 1 heterocycles. The molecule has 1 aliphatic heterocycles. The summed E-state index contributed by atoms with van der Waals surface area (Å²) < 4.78 is 51.1. The molecule has 31 heavy (non-hydrogen) atoms. The average molecular weight is 440 g/mol.